The highest BCUT2D eigenvalue weighted by atomic mass is 15.4. The molecule has 0 aromatic heterocycles. The zero-order valence-corrected chi connectivity index (χ0v) is 12.3. The summed E-state index contributed by atoms with van der Waals surface area (Å²) in [7, 11) is 2.22. The number of nitrogens with zero attached hydrogens (tertiary/aromatic N) is 2. The third kappa shape index (κ3) is 2.32. The summed E-state index contributed by atoms with van der Waals surface area (Å²) < 4.78 is 0. The molecule has 0 saturated heterocycles. The van der Waals surface area contributed by atoms with E-state index in [0.29, 0.717) is 6.17 Å². The van der Waals surface area contributed by atoms with Crippen molar-refractivity contribution in [3.63, 3.8) is 0 Å². The van der Waals surface area contributed by atoms with E-state index in [1.54, 1.807) is 0 Å². The summed E-state index contributed by atoms with van der Waals surface area (Å²) in [6.45, 7) is 4.34. The molecule has 1 aliphatic heterocycles. The summed E-state index contributed by atoms with van der Waals surface area (Å²) in [5.74, 6) is 0. The van der Waals surface area contributed by atoms with Crippen LogP contribution >= 0.6 is 0 Å². The molecular weight excluding hydrogens is 244 g/mol. The van der Waals surface area contributed by atoms with Crippen LogP contribution in [0.1, 0.15) is 30.6 Å². The van der Waals surface area contributed by atoms with Crippen LogP contribution in [0.4, 0.5) is 5.69 Å². The molecule has 1 atom stereocenters. The average Bonchev–Trinajstić information content (AvgIpc) is 2.48. The maximum atomic E-state index is 2.54. The fourth-order valence-corrected chi connectivity index (χ4v) is 3.19. The molecule has 0 radical (unpaired) electrons. The van der Waals surface area contributed by atoms with Crippen molar-refractivity contribution in [2.45, 2.75) is 26.1 Å². The monoisotopic (exact) mass is 266 g/mol. The van der Waals surface area contributed by atoms with Gasteiger partial charge in [-0.2, -0.15) is 0 Å². The molecule has 3 rings (SSSR count). The predicted molar refractivity (Wildman–Crippen MR) is 84.7 cm³/mol. The van der Waals surface area contributed by atoms with Crippen LogP contribution in [-0.2, 0) is 6.54 Å². The summed E-state index contributed by atoms with van der Waals surface area (Å²) in [4.78, 5) is 4.97. The maximum Gasteiger partial charge on any atom is 0.108 e. The maximum absolute atomic E-state index is 2.54. The Morgan fingerprint density at radius 1 is 1.00 bits per heavy atom. The van der Waals surface area contributed by atoms with Crippen molar-refractivity contribution in [3.8, 4) is 0 Å². The quantitative estimate of drug-likeness (QED) is 0.827. The summed E-state index contributed by atoms with van der Waals surface area (Å²) in [5, 5.41) is 0. The molecule has 2 nitrogen and oxygen atoms in total. The molecule has 0 spiro atoms. The second-order valence-corrected chi connectivity index (χ2v) is 5.52. The van der Waals surface area contributed by atoms with E-state index in [-0.39, 0.29) is 0 Å². The summed E-state index contributed by atoms with van der Waals surface area (Å²) in [6, 6.07) is 19.6. The Morgan fingerprint density at radius 3 is 2.45 bits per heavy atom. The Bertz CT molecular complexity index is 565. The molecule has 104 valence electrons. The Hall–Kier alpha value is -1.80. The minimum Gasteiger partial charge on any atom is -0.351 e. The highest BCUT2D eigenvalue weighted by molar-refractivity contribution is 5.57. The lowest BCUT2D eigenvalue weighted by atomic mass is 10.0. The predicted octanol–water partition coefficient (Wildman–Crippen LogP) is 4.05. The van der Waals surface area contributed by atoms with Gasteiger partial charge in [-0.05, 0) is 30.7 Å². The van der Waals surface area contributed by atoms with Gasteiger partial charge in [0.1, 0.15) is 6.17 Å². The minimum atomic E-state index is 0.339. The van der Waals surface area contributed by atoms with E-state index >= 15 is 0 Å². The number of benzene rings is 2. The van der Waals surface area contributed by atoms with Crippen LogP contribution in [-0.4, -0.2) is 18.5 Å². The first kappa shape index (κ1) is 13.2. The van der Waals surface area contributed by atoms with E-state index in [9.17, 15) is 0 Å². The van der Waals surface area contributed by atoms with E-state index in [4.69, 9.17) is 0 Å². The van der Waals surface area contributed by atoms with E-state index in [0.717, 1.165) is 19.5 Å². The summed E-state index contributed by atoms with van der Waals surface area (Å²) in [6.07, 6.45) is 1.50. The molecule has 1 heterocycles. The van der Waals surface area contributed by atoms with Crippen LogP contribution in [0.25, 0.3) is 0 Å². The van der Waals surface area contributed by atoms with Gasteiger partial charge in [0.05, 0.1) is 0 Å². The molecule has 2 aromatic rings. The molecule has 0 saturated carbocycles. The number of hydrogen-bond donors (Lipinski definition) is 0. The molecule has 0 amide bonds. The topological polar surface area (TPSA) is 6.48 Å². The highest BCUT2D eigenvalue weighted by Crippen LogP contribution is 2.37. The van der Waals surface area contributed by atoms with Gasteiger partial charge < -0.3 is 4.90 Å². The zero-order valence-electron chi connectivity index (χ0n) is 12.3. The van der Waals surface area contributed by atoms with Gasteiger partial charge in [-0.15, -0.1) is 0 Å². The molecule has 1 unspecified atom stereocenters. The third-order valence-electron chi connectivity index (χ3n) is 4.00. The van der Waals surface area contributed by atoms with Crippen molar-refractivity contribution in [2.75, 3.05) is 18.5 Å². The number of hydrogen-bond acceptors (Lipinski definition) is 2. The Balaban J connectivity index is 2.05. The second kappa shape index (κ2) is 5.68. The van der Waals surface area contributed by atoms with E-state index < -0.39 is 0 Å². The highest BCUT2D eigenvalue weighted by Gasteiger charge is 2.30. The summed E-state index contributed by atoms with van der Waals surface area (Å²) in [5.41, 5.74) is 4.19. The van der Waals surface area contributed by atoms with Gasteiger partial charge >= 0.3 is 0 Å². The van der Waals surface area contributed by atoms with Crippen LogP contribution in [0.3, 0.4) is 0 Å². The minimum absolute atomic E-state index is 0.339. The standard InChI is InChI=1S/C18H22N2/c1-3-13-20-17-12-8-7-11-16(17)14-19(2)18(20)15-9-5-4-6-10-15/h4-12,18H,3,13-14H2,1-2H3. The van der Waals surface area contributed by atoms with Gasteiger partial charge in [0.2, 0.25) is 0 Å². The molecule has 0 bridgehead atoms. The Kier molecular flexibility index (Phi) is 3.75. The van der Waals surface area contributed by atoms with Gasteiger partial charge in [0.25, 0.3) is 0 Å². The van der Waals surface area contributed by atoms with Crippen molar-refractivity contribution in [1.82, 2.24) is 4.90 Å². The van der Waals surface area contributed by atoms with Gasteiger partial charge in [-0.25, -0.2) is 0 Å². The lowest BCUT2D eigenvalue weighted by molar-refractivity contribution is 0.213. The van der Waals surface area contributed by atoms with Crippen LogP contribution < -0.4 is 4.90 Å². The number of para-hydroxylation sites is 1. The molecule has 2 heteroatoms. The molecule has 0 fully saturated rings. The lowest BCUT2D eigenvalue weighted by Crippen LogP contribution is -2.44. The number of anilines is 1. The smallest absolute Gasteiger partial charge is 0.108 e. The SMILES string of the molecule is CCCN1c2ccccc2CN(C)C1c1ccccc1. The summed E-state index contributed by atoms with van der Waals surface area (Å²) >= 11 is 0. The van der Waals surface area contributed by atoms with Gasteiger partial charge in [-0.3, -0.25) is 4.90 Å². The lowest BCUT2D eigenvalue weighted by Gasteiger charge is -2.44. The first-order valence-corrected chi connectivity index (χ1v) is 7.41. The van der Waals surface area contributed by atoms with Gasteiger partial charge in [0, 0.05) is 18.8 Å². The van der Waals surface area contributed by atoms with Crippen molar-refractivity contribution in [1.29, 1.82) is 0 Å². The Labute approximate surface area is 121 Å². The van der Waals surface area contributed by atoms with Crippen LogP contribution in [0.15, 0.2) is 54.6 Å². The number of rotatable bonds is 3. The third-order valence-corrected chi connectivity index (χ3v) is 4.00. The Morgan fingerprint density at radius 2 is 1.70 bits per heavy atom. The molecule has 20 heavy (non-hydrogen) atoms. The first-order chi connectivity index (χ1) is 9.81. The van der Waals surface area contributed by atoms with E-state index in [1.807, 2.05) is 0 Å². The second-order valence-electron chi connectivity index (χ2n) is 5.52. The first-order valence-electron chi connectivity index (χ1n) is 7.41. The molecular formula is C18H22N2. The average molecular weight is 266 g/mol. The van der Waals surface area contributed by atoms with Gasteiger partial charge in [-0.1, -0.05) is 55.5 Å². The van der Waals surface area contributed by atoms with E-state index in [2.05, 4.69) is 78.4 Å². The van der Waals surface area contributed by atoms with Crippen molar-refractivity contribution < 1.29 is 0 Å². The number of fused-ring (bicyclic) bond motifs is 1. The van der Waals surface area contributed by atoms with Crippen molar-refractivity contribution in [2.24, 2.45) is 0 Å². The normalized spacial score (nSPS) is 18.9. The fraction of sp³-hybridized carbons (Fsp3) is 0.333. The van der Waals surface area contributed by atoms with E-state index in [1.165, 1.54) is 16.8 Å². The van der Waals surface area contributed by atoms with Crippen LogP contribution in [0, 0.1) is 0 Å². The zero-order chi connectivity index (χ0) is 13.9. The van der Waals surface area contributed by atoms with Crippen molar-refractivity contribution in [3.05, 3.63) is 65.7 Å². The van der Waals surface area contributed by atoms with Crippen LogP contribution in [0.2, 0.25) is 0 Å². The van der Waals surface area contributed by atoms with Crippen LogP contribution in [0.5, 0.6) is 0 Å². The molecule has 1 aliphatic rings. The molecule has 0 aliphatic carbocycles. The molecule has 2 aromatic carbocycles. The largest absolute Gasteiger partial charge is 0.351 e. The van der Waals surface area contributed by atoms with Crippen molar-refractivity contribution >= 4 is 5.69 Å². The molecule has 0 N–H and O–H groups in total. The van der Waals surface area contributed by atoms with Gasteiger partial charge in [0.15, 0.2) is 0 Å². The fourth-order valence-electron chi connectivity index (χ4n) is 3.19.